The van der Waals surface area contributed by atoms with Crippen molar-refractivity contribution in [2.24, 2.45) is 0 Å². The van der Waals surface area contributed by atoms with Crippen LogP contribution in [0.4, 0.5) is 0 Å². The Balaban J connectivity index is 2.13. The SMILES string of the molecule is C=C1NC(=O)C(C)=CN1[C@H]1C[C@@H](O)[C@@H](C[18OH])O1. The summed E-state index contributed by atoms with van der Waals surface area (Å²) in [6.07, 6.45) is 0.302. The third-order valence-electron chi connectivity index (χ3n) is 2.95. The van der Waals surface area contributed by atoms with Gasteiger partial charge in [-0.2, -0.15) is 0 Å². The van der Waals surface area contributed by atoms with Crippen LogP contribution >= 0.6 is 0 Å². The Hall–Kier alpha value is -1.37. The summed E-state index contributed by atoms with van der Waals surface area (Å²) in [5.74, 6) is 0.222. The second-order valence-electron chi connectivity index (χ2n) is 4.24. The zero-order valence-corrected chi connectivity index (χ0v) is 9.59. The molecule has 3 atom stereocenters. The third-order valence-corrected chi connectivity index (χ3v) is 2.95. The minimum Gasteiger partial charge on any atom is -0.394 e. The number of aliphatic hydroxyl groups excluding tert-OH is 2. The average Bonchev–Trinajstić information content (AvgIpc) is 2.65. The molecule has 3 N–H and O–H groups in total. The summed E-state index contributed by atoms with van der Waals surface area (Å²) in [4.78, 5) is 13.0. The molecule has 2 aliphatic heterocycles. The molecule has 6 heteroatoms. The van der Waals surface area contributed by atoms with Crippen molar-refractivity contribution >= 4 is 5.91 Å². The van der Waals surface area contributed by atoms with Gasteiger partial charge in [0.1, 0.15) is 18.2 Å². The Morgan fingerprint density at radius 3 is 3.06 bits per heavy atom. The van der Waals surface area contributed by atoms with E-state index in [2.05, 4.69) is 11.9 Å². The van der Waals surface area contributed by atoms with Crippen LogP contribution in [0.25, 0.3) is 0 Å². The topological polar surface area (TPSA) is 82.0 Å². The Labute approximate surface area is 99.2 Å². The van der Waals surface area contributed by atoms with Crippen LogP contribution in [0.2, 0.25) is 0 Å². The van der Waals surface area contributed by atoms with E-state index < -0.39 is 18.4 Å². The molecule has 0 spiro atoms. The van der Waals surface area contributed by atoms with Gasteiger partial charge in [0, 0.05) is 18.2 Å². The number of hydrogen-bond acceptors (Lipinski definition) is 5. The van der Waals surface area contributed by atoms with Crippen molar-refractivity contribution in [1.29, 1.82) is 0 Å². The first-order valence-corrected chi connectivity index (χ1v) is 5.44. The summed E-state index contributed by atoms with van der Waals surface area (Å²) in [6.45, 7) is 5.18. The van der Waals surface area contributed by atoms with Gasteiger partial charge in [0.25, 0.3) is 5.91 Å². The van der Waals surface area contributed by atoms with Gasteiger partial charge in [-0.05, 0) is 6.92 Å². The molecule has 2 aliphatic rings. The summed E-state index contributed by atoms with van der Waals surface area (Å²) in [5.41, 5.74) is 0.544. The molecule has 0 unspecified atom stereocenters. The molecule has 0 radical (unpaired) electrons. The highest BCUT2D eigenvalue weighted by Gasteiger charge is 2.38. The van der Waals surface area contributed by atoms with Crippen LogP contribution in [0.15, 0.2) is 24.2 Å². The average molecular weight is 242 g/mol. The van der Waals surface area contributed by atoms with Gasteiger partial charge in [0.15, 0.2) is 0 Å². The molecule has 17 heavy (non-hydrogen) atoms. The summed E-state index contributed by atoms with van der Waals surface area (Å²) in [5, 5.41) is 21.2. The van der Waals surface area contributed by atoms with Gasteiger partial charge < -0.3 is 25.2 Å². The van der Waals surface area contributed by atoms with Crippen molar-refractivity contribution < 1.29 is 19.7 Å². The van der Waals surface area contributed by atoms with E-state index in [9.17, 15) is 9.90 Å². The fourth-order valence-electron chi connectivity index (χ4n) is 1.95. The minimum atomic E-state index is -0.705. The summed E-state index contributed by atoms with van der Waals surface area (Å²) in [7, 11) is 0. The Kier molecular flexibility index (Phi) is 3.19. The summed E-state index contributed by atoms with van der Waals surface area (Å²) in [6, 6.07) is 0. The van der Waals surface area contributed by atoms with Gasteiger partial charge in [-0.3, -0.25) is 4.79 Å². The van der Waals surface area contributed by atoms with E-state index >= 15 is 0 Å². The first-order chi connectivity index (χ1) is 8.02. The molecule has 6 nitrogen and oxygen atoms in total. The predicted octanol–water partition coefficient (Wildman–Crippen LogP) is -0.739. The highest BCUT2D eigenvalue weighted by molar-refractivity contribution is 5.94. The van der Waals surface area contributed by atoms with E-state index in [4.69, 9.17) is 9.84 Å². The number of aliphatic hydroxyl groups is 2. The normalized spacial score (nSPS) is 33.7. The van der Waals surface area contributed by atoms with Gasteiger partial charge in [-0.1, -0.05) is 6.58 Å². The Morgan fingerprint density at radius 2 is 2.47 bits per heavy atom. The van der Waals surface area contributed by atoms with Crippen molar-refractivity contribution in [3.63, 3.8) is 0 Å². The number of carbonyl (C=O) groups is 1. The molecule has 0 aromatic rings. The molecular weight excluding hydrogens is 226 g/mol. The number of hydrogen-bond donors (Lipinski definition) is 3. The minimum absolute atomic E-state index is 0.191. The lowest BCUT2D eigenvalue weighted by molar-refractivity contribution is -0.118. The van der Waals surface area contributed by atoms with Crippen molar-refractivity contribution in [2.75, 3.05) is 6.61 Å². The zero-order valence-electron chi connectivity index (χ0n) is 9.59. The number of ether oxygens (including phenoxy) is 1. The maximum atomic E-state index is 11.4. The lowest BCUT2D eigenvalue weighted by atomic mass is 10.2. The second-order valence-corrected chi connectivity index (χ2v) is 4.24. The molecule has 0 bridgehead atoms. The lowest BCUT2D eigenvalue weighted by Gasteiger charge is -2.32. The van der Waals surface area contributed by atoms with Crippen molar-refractivity contribution in [2.45, 2.75) is 31.8 Å². The lowest BCUT2D eigenvalue weighted by Crippen LogP contribution is -2.42. The van der Waals surface area contributed by atoms with Crippen LogP contribution in [-0.4, -0.2) is 46.1 Å². The Bertz CT molecular complexity index is 380. The van der Waals surface area contributed by atoms with Gasteiger partial charge in [-0.15, -0.1) is 0 Å². The Morgan fingerprint density at radius 1 is 1.76 bits per heavy atom. The van der Waals surface area contributed by atoms with Crippen LogP contribution in [0.5, 0.6) is 0 Å². The third kappa shape index (κ3) is 2.19. The van der Waals surface area contributed by atoms with Crippen molar-refractivity contribution in [3.8, 4) is 0 Å². The highest BCUT2D eigenvalue weighted by Crippen LogP contribution is 2.27. The van der Waals surface area contributed by atoms with Gasteiger partial charge >= 0.3 is 0 Å². The van der Waals surface area contributed by atoms with E-state index in [0.717, 1.165) is 0 Å². The second kappa shape index (κ2) is 4.48. The van der Waals surface area contributed by atoms with Gasteiger partial charge in [0.2, 0.25) is 0 Å². The maximum absolute atomic E-state index is 11.4. The number of rotatable bonds is 2. The summed E-state index contributed by atoms with van der Waals surface area (Å²) < 4.78 is 5.49. The maximum Gasteiger partial charge on any atom is 0.253 e. The molecule has 1 fully saturated rings. The van der Waals surface area contributed by atoms with Crippen LogP contribution in [-0.2, 0) is 9.53 Å². The van der Waals surface area contributed by atoms with Crippen LogP contribution in [0.1, 0.15) is 13.3 Å². The predicted molar refractivity (Wildman–Crippen MR) is 59.2 cm³/mol. The monoisotopic (exact) mass is 242 g/mol. The van der Waals surface area contributed by atoms with Crippen molar-refractivity contribution in [1.82, 2.24) is 10.2 Å². The van der Waals surface area contributed by atoms with E-state index in [1.165, 1.54) is 0 Å². The van der Waals surface area contributed by atoms with E-state index in [1.807, 2.05) is 0 Å². The fourth-order valence-corrected chi connectivity index (χ4v) is 1.95. The molecule has 1 saturated heterocycles. The zero-order chi connectivity index (χ0) is 12.6. The molecule has 0 aromatic heterocycles. The molecule has 0 saturated carbocycles. The molecule has 0 aliphatic carbocycles. The van der Waals surface area contributed by atoms with E-state index in [-0.39, 0.29) is 12.5 Å². The fraction of sp³-hybridized carbons (Fsp3) is 0.545. The van der Waals surface area contributed by atoms with Crippen LogP contribution in [0, 0.1) is 0 Å². The molecule has 94 valence electrons. The first-order valence-electron chi connectivity index (χ1n) is 5.44. The number of carbonyl (C=O) groups excluding carboxylic acids is 1. The number of nitrogens with one attached hydrogen (secondary N) is 1. The van der Waals surface area contributed by atoms with Crippen LogP contribution in [0.3, 0.4) is 0 Å². The molecule has 2 rings (SSSR count). The van der Waals surface area contributed by atoms with E-state index in [0.29, 0.717) is 17.8 Å². The highest BCUT2D eigenvalue weighted by atomic mass is 18.2. The molecule has 2 heterocycles. The van der Waals surface area contributed by atoms with E-state index in [1.54, 1.807) is 18.0 Å². The van der Waals surface area contributed by atoms with Crippen LogP contribution < -0.4 is 5.32 Å². The number of nitrogens with zero attached hydrogens (tertiary/aromatic N) is 1. The quantitative estimate of drug-likeness (QED) is 0.556. The van der Waals surface area contributed by atoms with Gasteiger partial charge in [-0.25, -0.2) is 0 Å². The largest absolute Gasteiger partial charge is 0.394 e. The smallest absolute Gasteiger partial charge is 0.253 e. The van der Waals surface area contributed by atoms with Crippen molar-refractivity contribution in [3.05, 3.63) is 24.2 Å². The van der Waals surface area contributed by atoms with Gasteiger partial charge in [0.05, 0.1) is 12.7 Å². The molecule has 0 aromatic carbocycles. The standard InChI is InChI=1S/C11H16N2O4/c1-6-4-13(7(2)12-11(6)16)10-3-8(15)9(5-14)17-10/h4,8-10,14-15H,2-3,5H2,1H3,(H,12,16)/t8-,9-,10-/m1/s1/i14+2. The summed E-state index contributed by atoms with van der Waals surface area (Å²) >= 11 is 0. The number of amides is 1. The molecule has 1 amide bonds. The first kappa shape index (κ1) is 12.1. The molecular formula is C11H16N2O4.